The third kappa shape index (κ3) is 14.1. The molecule has 11 atom stereocenters. The summed E-state index contributed by atoms with van der Waals surface area (Å²) in [5.41, 5.74) is 7.64. The summed E-state index contributed by atoms with van der Waals surface area (Å²) in [6.45, 7) is 11.6. The molecule has 0 aromatic heterocycles. The number of hydrogen-bond acceptors (Lipinski definition) is 12. The maximum atomic E-state index is 14.7. The lowest BCUT2D eigenvalue weighted by molar-refractivity contribution is -0.149. The Labute approximate surface area is 416 Å². The number of carbonyl (C=O) groups excluding carboxylic acids is 6. The van der Waals surface area contributed by atoms with Gasteiger partial charge in [-0.1, -0.05) is 84.2 Å². The highest BCUT2D eigenvalue weighted by Crippen LogP contribution is 2.43. The average molecular weight is 975 g/mol. The summed E-state index contributed by atoms with van der Waals surface area (Å²) in [5, 5.41) is 6.10. The lowest BCUT2D eigenvalue weighted by Crippen LogP contribution is -2.60. The third-order valence-electron chi connectivity index (χ3n) is 15.3. The van der Waals surface area contributed by atoms with Crippen LogP contribution in [0, 0.1) is 23.7 Å². The molecule has 3 aliphatic rings. The number of rotatable bonds is 28. The van der Waals surface area contributed by atoms with Gasteiger partial charge in [0.05, 0.1) is 56.4 Å². The van der Waals surface area contributed by atoms with Crippen molar-refractivity contribution < 1.29 is 47.7 Å². The van der Waals surface area contributed by atoms with Crippen LogP contribution in [-0.2, 0) is 44.6 Å². The van der Waals surface area contributed by atoms with Gasteiger partial charge in [-0.15, -0.1) is 0 Å². The molecule has 1 aliphatic carbocycles. The number of carbonyl (C=O) groups is 6. The zero-order valence-electron chi connectivity index (χ0n) is 43.2. The molecule has 0 radical (unpaired) electrons. The molecule has 4 N–H and O–H groups in total. The van der Waals surface area contributed by atoms with Gasteiger partial charge >= 0.3 is 5.97 Å². The molecule has 16 heteroatoms. The van der Waals surface area contributed by atoms with Crippen LogP contribution in [0.4, 0.5) is 5.69 Å². The van der Waals surface area contributed by atoms with Crippen molar-refractivity contribution in [2.45, 2.75) is 160 Å². The van der Waals surface area contributed by atoms with Crippen molar-refractivity contribution in [3.05, 3.63) is 59.7 Å². The largest absolute Gasteiger partial charge is 0.494 e. The number of nitrogens with one attached hydrogen (secondary N) is 2. The number of fused-ring (bicyclic) bond motifs is 2. The second-order valence-corrected chi connectivity index (χ2v) is 20.2. The topological polar surface area (TPSA) is 199 Å². The van der Waals surface area contributed by atoms with Crippen LogP contribution in [0.2, 0.25) is 0 Å². The van der Waals surface area contributed by atoms with Gasteiger partial charge in [0.2, 0.25) is 23.6 Å². The summed E-state index contributed by atoms with van der Waals surface area (Å²) in [4.78, 5) is 87.0. The lowest BCUT2D eigenvalue weighted by Gasteiger charge is -2.41. The maximum absolute atomic E-state index is 14.7. The van der Waals surface area contributed by atoms with Gasteiger partial charge < -0.3 is 45.1 Å². The molecule has 2 bridgehead atoms. The van der Waals surface area contributed by atoms with Gasteiger partial charge in [0, 0.05) is 57.6 Å². The number of methoxy groups -OCH3 is 3. The first-order valence-electron chi connectivity index (χ1n) is 25.7. The van der Waals surface area contributed by atoms with Crippen molar-refractivity contribution in [3.63, 3.8) is 0 Å². The molecule has 16 nitrogen and oxygen atoms in total. The first-order chi connectivity index (χ1) is 33.6. The van der Waals surface area contributed by atoms with E-state index < -0.39 is 48.3 Å². The van der Waals surface area contributed by atoms with Gasteiger partial charge in [0.1, 0.15) is 17.8 Å². The molecule has 4 amide bonds. The molecule has 0 spiro atoms. The SMILES string of the molecule is CC[C@H](C)[C@@H]([C@@H](CC(=O)N1CCC[C@H]1[C@H](OC)[C@@H](C)C(=O)NC(Cc1ccccc1)C(=O)OC)OC)N(C)C(=O)[C@@H](NC(=O)[C@@H]1[C@H]2CC[C@H](C2)N1CCCCCCOc1ccc(C=O)c(N)c1)C(C)C. The van der Waals surface area contributed by atoms with E-state index in [4.69, 9.17) is 24.7 Å². The van der Waals surface area contributed by atoms with Gasteiger partial charge in [-0.2, -0.15) is 0 Å². The summed E-state index contributed by atoms with van der Waals surface area (Å²) >= 11 is 0. The Hall–Kier alpha value is -5.06. The summed E-state index contributed by atoms with van der Waals surface area (Å²) < 4.78 is 23.0. The second-order valence-electron chi connectivity index (χ2n) is 20.2. The number of likely N-dealkylation sites (N-methyl/N-ethyl adjacent to an activating group) is 1. The number of piperidine rings is 1. The standard InChI is InChI=1S/C54H82N6O10/c1-10-35(4)48(45(67-7)32-46(62)60-27-18-21-44(60)50(68-8)36(5)51(63)56-43(54(66)69-9)29-37-19-14-13-15-20-37)58(6)53(65)47(34(2)3)57-52(64)49-38-22-24-40(30-38)59(49)26-16-11-12-17-28-70-41-25-23-39(33-61)42(55)31-41/h13-15,19-20,23,25,31,33-36,38,40,43-45,47-50H,10-12,16-18,21-22,24,26-30,32,55H2,1-9H3,(H,56,63)(H,57,64)/t35-,36+,38-,40+,43?,44-,45+,47-,48-,49-,50+/m0/s1. The summed E-state index contributed by atoms with van der Waals surface area (Å²) in [5.74, 6) is -1.52. The highest BCUT2D eigenvalue weighted by molar-refractivity contribution is 5.91. The van der Waals surface area contributed by atoms with Gasteiger partial charge in [0.15, 0.2) is 6.29 Å². The summed E-state index contributed by atoms with van der Waals surface area (Å²) in [6, 6.07) is 12.0. The monoisotopic (exact) mass is 975 g/mol. The van der Waals surface area contributed by atoms with Crippen LogP contribution >= 0.6 is 0 Å². The van der Waals surface area contributed by atoms with Crippen LogP contribution in [0.1, 0.15) is 121 Å². The van der Waals surface area contributed by atoms with Crippen LogP contribution < -0.4 is 21.1 Å². The lowest BCUT2D eigenvalue weighted by atomic mass is 9.89. The smallest absolute Gasteiger partial charge is 0.328 e. The van der Waals surface area contributed by atoms with Crippen LogP contribution in [-0.4, -0.2) is 147 Å². The molecule has 2 heterocycles. The number of amides is 4. The molecule has 2 aliphatic heterocycles. The van der Waals surface area contributed by atoms with E-state index in [9.17, 15) is 28.8 Å². The molecule has 70 heavy (non-hydrogen) atoms. The van der Waals surface area contributed by atoms with E-state index in [0.717, 1.165) is 76.2 Å². The number of benzene rings is 2. The van der Waals surface area contributed by atoms with Gasteiger partial charge in [-0.25, -0.2) is 4.79 Å². The van der Waals surface area contributed by atoms with Crippen LogP contribution in [0.15, 0.2) is 48.5 Å². The van der Waals surface area contributed by atoms with Crippen LogP contribution in [0.3, 0.4) is 0 Å². The molecule has 5 rings (SSSR count). The van der Waals surface area contributed by atoms with Crippen molar-refractivity contribution in [3.8, 4) is 5.75 Å². The molecule has 2 aromatic rings. The van der Waals surface area contributed by atoms with Gasteiger partial charge in [0.25, 0.3) is 0 Å². The fourth-order valence-corrected chi connectivity index (χ4v) is 11.2. The van der Waals surface area contributed by atoms with E-state index in [-0.39, 0.29) is 60.3 Å². The van der Waals surface area contributed by atoms with Crippen molar-refractivity contribution in [1.82, 2.24) is 25.3 Å². The minimum Gasteiger partial charge on any atom is -0.494 e. The number of nitrogens with two attached hydrogens (primary N) is 1. The van der Waals surface area contributed by atoms with E-state index in [1.54, 1.807) is 49.1 Å². The fraction of sp³-hybridized carbons (Fsp3) is 0.667. The zero-order valence-corrected chi connectivity index (χ0v) is 43.2. The number of esters is 1. The van der Waals surface area contributed by atoms with E-state index in [1.165, 1.54) is 14.2 Å². The normalized spacial score (nSPS) is 21.8. The van der Waals surface area contributed by atoms with E-state index in [0.29, 0.717) is 42.6 Å². The fourth-order valence-electron chi connectivity index (χ4n) is 11.2. The number of nitrogens with zero attached hydrogens (tertiary/aromatic N) is 3. The Balaban J connectivity index is 1.19. The Morgan fingerprint density at radius 1 is 0.914 bits per heavy atom. The quantitative estimate of drug-likeness (QED) is 0.0400. The Morgan fingerprint density at radius 2 is 1.64 bits per heavy atom. The van der Waals surface area contributed by atoms with E-state index in [1.807, 2.05) is 51.1 Å². The number of hydrogen-bond donors (Lipinski definition) is 3. The number of likely N-dealkylation sites (tertiary alicyclic amines) is 2. The average Bonchev–Trinajstić information content (AvgIpc) is 4.13. The third-order valence-corrected chi connectivity index (χ3v) is 15.3. The van der Waals surface area contributed by atoms with Crippen molar-refractivity contribution >= 4 is 41.6 Å². The second kappa shape index (κ2) is 27.0. The summed E-state index contributed by atoms with van der Waals surface area (Å²) in [6.07, 6.45) is 8.56. The number of ether oxygens (including phenoxy) is 4. The zero-order chi connectivity index (χ0) is 51.1. The number of unbranched alkanes of at least 4 members (excludes halogenated alkanes) is 3. The predicted molar refractivity (Wildman–Crippen MR) is 269 cm³/mol. The number of nitrogen functional groups attached to an aromatic ring is 1. The summed E-state index contributed by atoms with van der Waals surface area (Å²) in [7, 11) is 6.15. The number of anilines is 1. The minimum atomic E-state index is -0.903. The van der Waals surface area contributed by atoms with E-state index >= 15 is 0 Å². The molecule has 1 unspecified atom stereocenters. The van der Waals surface area contributed by atoms with Gasteiger partial charge in [-0.3, -0.25) is 28.9 Å². The molecular formula is C54H82N6O10. The Morgan fingerprint density at radius 3 is 2.29 bits per heavy atom. The Bertz CT molecular complexity index is 2040. The highest BCUT2D eigenvalue weighted by atomic mass is 16.5. The molecule has 2 saturated heterocycles. The molecular weight excluding hydrogens is 893 g/mol. The van der Waals surface area contributed by atoms with Crippen LogP contribution in [0.5, 0.6) is 5.75 Å². The first kappa shape index (κ1) is 55.9. The van der Waals surface area contributed by atoms with Crippen molar-refractivity contribution in [2.75, 3.05) is 53.8 Å². The van der Waals surface area contributed by atoms with Crippen molar-refractivity contribution in [1.29, 1.82) is 0 Å². The van der Waals surface area contributed by atoms with E-state index in [2.05, 4.69) is 22.5 Å². The molecule has 388 valence electrons. The molecule has 2 aromatic carbocycles. The first-order valence-corrected chi connectivity index (χ1v) is 25.7. The minimum absolute atomic E-state index is 0.00461. The number of aldehydes is 1. The molecule has 1 saturated carbocycles. The maximum Gasteiger partial charge on any atom is 0.328 e. The van der Waals surface area contributed by atoms with Crippen molar-refractivity contribution in [2.24, 2.45) is 23.7 Å². The molecule has 3 fully saturated rings. The van der Waals surface area contributed by atoms with Crippen LogP contribution in [0.25, 0.3) is 0 Å². The predicted octanol–water partition coefficient (Wildman–Crippen LogP) is 5.84. The highest BCUT2D eigenvalue weighted by Gasteiger charge is 2.50. The van der Waals surface area contributed by atoms with Gasteiger partial charge in [-0.05, 0) is 86.9 Å². The Kier molecular flexibility index (Phi) is 21.5.